The number of urea groups is 1. The first kappa shape index (κ1) is 20.9. The number of carbonyl (C=O) groups is 1. The summed E-state index contributed by atoms with van der Waals surface area (Å²) in [4.78, 5) is 22.6. The molecule has 2 aromatic carbocycles. The van der Waals surface area contributed by atoms with Crippen molar-refractivity contribution in [1.29, 1.82) is 0 Å². The number of primary amides is 1. The SMILES string of the molecule is COc1ccc(C(C/C(=N\NC(N)=O)c2ccccc2)C(C)(C)[N+](=O)[O-])cc1. The van der Waals surface area contributed by atoms with Crippen LogP contribution in [-0.4, -0.2) is 29.3 Å². The van der Waals surface area contributed by atoms with Crippen LogP contribution in [0, 0.1) is 10.1 Å². The Morgan fingerprint density at radius 1 is 1.21 bits per heavy atom. The Morgan fingerprint density at radius 3 is 2.32 bits per heavy atom. The normalized spacial score (nSPS) is 12.9. The molecule has 0 aromatic heterocycles. The molecular formula is C20H24N4O4. The van der Waals surface area contributed by atoms with Gasteiger partial charge in [0.2, 0.25) is 5.54 Å². The van der Waals surface area contributed by atoms with Crippen LogP contribution in [0.3, 0.4) is 0 Å². The molecule has 8 nitrogen and oxygen atoms in total. The Kier molecular flexibility index (Phi) is 6.70. The molecule has 0 aliphatic heterocycles. The molecule has 1 atom stereocenters. The minimum atomic E-state index is -1.28. The molecule has 0 spiro atoms. The number of hydrazone groups is 1. The molecule has 0 saturated carbocycles. The summed E-state index contributed by atoms with van der Waals surface area (Å²) in [5.41, 5.74) is 8.11. The van der Waals surface area contributed by atoms with Crippen molar-refractivity contribution in [2.45, 2.75) is 31.7 Å². The van der Waals surface area contributed by atoms with Crippen molar-refractivity contribution in [2.24, 2.45) is 10.8 Å². The predicted octanol–water partition coefficient (Wildman–Crippen LogP) is 3.30. The maximum absolute atomic E-state index is 11.8. The zero-order valence-corrected chi connectivity index (χ0v) is 16.1. The summed E-state index contributed by atoms with van der Waals surface area (Å²) in [6.45, 7) is 3.15. The maximum Gasteiger partial charge on any atom is 0.332 e. The molecule has 0 saturated heterocycles. The molecule has 0 aliphatic carbocycles. The predicted molar refractivity (Wildman–Crippen MR) is 107 cm³/mol. The van der Waals surface area contributed by atoms with Gasteiger partial charge in [-0.3, -0.25) is 10.1 Å². The van der Waals surface area contributed by atoms with E-state index in [1.165, 1.54) is 0 Å². The number of hydrogen-bond acceptors (Lipinski definition) is 5. The lowest BCUT2D eigenvalue weighted by Crippen LogP contribution is -2.39. The number of rotatable bonds is 8. The van der Waals surface area contributed by atoms with Crippen molar-refractivity contribution in [3.63, 3.8) is 0 Å². The molecule has 0 bridgehead atoms. The van der Waals surface area contributed by atoms with Crippen LogP contribution in [0.25, 0.3) is 0 Å². The van der Waals surface area contributed by atoms with Crippen molar-refractivity contribution in [3.8, 4) is 5.75 Å². The number of nitro groups is 1. The highest BCUT2D eigenvalue weighted by Gasteiger charge is 2.42. The van der Waals surface area contributed by atoms with Gasteiger partial charge < -0.3 is 10.5 Å². The van der Waals surface area contributed by atoms with Crippen LogP contribution in [0.1, 0.15) is 37.3 Å². The van der Waals surface area contributed by atoms with Crippen molar-refractivity contribution >= 4 is 11.7 Å². The third-order valence-corrected chi connectivity index (χ3v) is 4.65. The summed E-state index contributed by atoms with van der Waals surface area (Å²) in [6, 6.07) is 15.5. The molecule has 28 heavy (non-hydrogen) atoms. The standard InChI is InChI=1S/C20H24N4O4/c1-20(2,24(26)27)17(14-9-11-16(28-3)12-10-14)13-18(22-23-19(21)25)15-7-5-4-6-8-15/h4-12,17H,13H2,1-3H3,(H3,21,23,25)/b22-18+. The molecule has 2 aromatic rings. The Bertz CT molecular complexity index is 848. The van der Waals surface area contributed by atoms with Gasteiger partial charge in [0.15, 0.2) is 0 Å². The summed E-state index contributed by atoms with van der Waals surface area (Å²) in [7, 11) is 1.56. The van der Waals surface area contributed by atoms with E-state index in [4.69, 9.17) is 10.5 Å². The topological polar surface area (TPSA) is 120 Å². The van der Waals surface area contributed by atoms with Crippen LogP contribution in [0.4, 0.5) is 4.79 Å². The fourth-order valence-electron chi connectivity index (χ4n) is 2.91. The summed E-state index contributed by atoms with van der Waals surface area (Å²) >= 11 is 0. The van der Waals surface area contributed by atoms with Crippen molar-refractivity contribution in [3.05, 3.63) is 75.8 Å². The quantitative estimate of drug-likeness (QED) is 0.412. The number of hydrogen-bond donors (Lipinski definition) is 2. The van der Waals surface area contributed by atoms with E-state index in [2.05, 4.69) is 10.5 Å². The van der Waals surface area contributed by atoms with Crippen molar-refractivity contribution in [2.75, 3.05) is 7.11 Å². The lowest BCUT2D eigenvalue weighted by molar-refractivity contribution is -0.565. The van der Waals surface area contributed by atoms with Crippen LogP contribution in [0.5, 0.6) is 5.75 Å². The molecule has 3 N–H and O–H groups in total. The number of amides is 2. The van der Waals surface area contributed by atoms with E-state index >= 15 is 0 Å². The van der Waals surface area contributed by atoms with Crippen molar-refractivity contribution in [1.82, 2.24) is 5.43 Å². The van der Waals surface area contributed by atoms with E-state index in [0.29, 0.717) is 11.5 Å². The second-order valence-electron chi connectivity index (χ2n) is 6.84. The summed E-state index contributed by atoms with van der Waals surface area (Å²) in [5.74, 6) is 0.149. The van der Waals surface area contributed by atoms with Gasteiger partial charge in [0.1, 0.15) is 5.75 Å². The number of nitrogens with two attached hydrogens (primary N) is 1. The van der Waals surface area contributed by atoms with E-state index in [9.17, 15) is 14.9 Å². The molecule has 8 heteroatoms. The Balaban J connectivity index is 2.49. The third kappa shape index (κ3) is 5.06. The van der Waals surface area contributed by atoms with E-state index in [-0.39, 0.29) is 11.3 Å². The third-order valence-electron chi connectivity index (χ3n) is 4.65. The van der Waals surface area contributed by atoms with Gasteiger partial charge in [-0.15, -0.1) is 0 Å². The van der Waals surface area contributed by atoms with Gasteiger partial charge in [-0.2, -0.15) is 5.10 Å². The number of carbonyl (C=O) groups excluding carboxylic acids is 1. The van der Waals surface area contributed by atoms with E-state index in [1.54, 1.807) is 45.2 Å². The molecule has 148 valence electrons. The Labute approximate surface area is 163 Å². The van der Waals surface area contributed by atoms with Gasteiger partial charge in [0.25, 0.3) is 0 Å². The molecule has 0 heterocycles. The van der Waals surface area contributed by atoms with Gasteiger partial charge in [-0.25, -0.2) is 10.2 Å². The molecule has 0 radical (unpaired) electrons. The van der Waals surface area contributed by atoms with Crippen LogP contribution in [0.2, 0.25) is 0 Å². The molecule has 2 rings (SSSR count). The first-order chi connectivity index (χ1) is 13.3. The molecule has 0 fully saturated rings. The largest absolute Gasteiger partial charge is 0.497 e. The van der Waals surface area contributed by atoms with E-state index < -0.39 is 17.5 Å². The fourth-order valence-corrected chi connectivity index (χ4v) is 2.91. The van der Waals surface area contributed by atoms with Crippen LogP contribution < -0.4 is 15.9 Å². The van der Waals surface area contributed by atoms with Gasteiger partial charge in [0, 0.05) is 25.2 Å². The highest BCUT2D eigenvalue weighted by Crippen LogP contribution is 2.35. The Hall–Kier alpha value is -3.42. The monoisotopic (exact) mass is 384 g/mol. The summed E-state index contributed by atoms with van der Waals surface area (Å²) < 4.78 is 5.18. The second-order valence-corrected chi connectivity index (χ2v) is 6.84. The van der Waals surface area contributed by atoms with Gasteiger partial charge >= 0.3 is 6.03 Å². The van der Waals surface area contributed by atoms with Gasteiger partial charge in [-0.1, -0.05) is 42.5 Å². The average Bonchev–Trinajstić information content (AvgIpc) is 2.68. The first-order valence-electron chi connectivity index (χ1n) is 8.71. The minimum absolute atomic E-state index is 0.227. The number of ether oxygens (including phenoxy) is 1. The smallest absolute Gasteiger partial charge is 0.332 e. The zero-order chi connectivity index (χ0) is 20.7. The lowest BCUT2D eigenvalue weighted by Gasteiger charge is -2.28. The first-order valence-corrected chi connectivity index (χ1v) is 8.71. The summed E-state index contributed by atoms with van der Waals surface area (Å²) in [5, 5.41) is 15.9. The maximum atomic E-state index is 11.8. The zero-order valence-electron chi connectivity index (χ0n) is 16.1. The highest BCUT2D eigenvalue weighted by atomic mass is 16.6. The molecule has 2 amide bonds. The van der Waals surface area contributed by atoms with Crippen LogP contribution >= 0.6 is 0 Å². The van der Waals surface area contributed by atoms with Gasteiger partial charge in [-0.05, 0) is 23.3 Å². The average molecular weight is 384 g/mol. The number of nitrogens with one attached hydrogen (secondary N) is 1. The highest BCUT2D eigenvalue weighted by molar-refractivity contribution is 6.01. The second kappa shape index (κ2) is 8.98. The molecular weight excluding hydrogens is 360 g/mol. The molecule has 1 unspecified atom stereocenters. The van der Waals surface area contributed by atoms with Crippen molar-refractivity contribution < 1.29 is 14.5 Å². The van der Waals surface area contributed by atoms with E-state index in [0.717, 1.165) is 11.1 Å². The number of methoxy groups -OCH3 is 1. The molecule has 0 aliphatic rings. The fraction of sp³-hybridized carbons (Fsp3) is 0.300. The van der Waals surface area contributed by atoms with Crippen LogP contribution in [0.15, 0.2) is 59.7 Å². The lowest BCUT2D eigenvalue weighted by atomic mass is 9.78. The van der Waals surface area contributed by atoms with Gasteiger partial charge in [0.05, 0.1) is 18.7 Å². The van der Waals surface area contributed by atoms with E-state index in [1.807, 2.05) is 30.3 Å². The number of nitrogens with zero attached hydrogens (tertiary/aromatic N) is 2. The number of benzene rings is 2. The van der Waals surface area contributed by atoms with Crippen LogP contribution in [-0.2, 0) is 0 Å². The Morgan fingerprint density at radius 2 is 1.82 bits per heavy atom. The minimum Gasteiger partial charge on any atom is -0.497 e. The summed E-state index contributed by atoms with van der Waals surface area (Å²) in [6.07, 6.45) is 0.227.